The van der Waals surface area contributed by atoms with Gasteiger partial charge < -0.3 is 10.7 Å². The number of rotatable bonds is 3. The van der Waals surface area contributed by atoms with Gasteiger partial charge in [-0.15, -0.1) is 0 Å². The fourth-order valence-corrected chi connectivity index (χ4v) is 3.40. The minimum atomic E-state index is -3.52. The Balaban J connectivity index is 2.11. The Bertz CT molecular complexity index is 482. The average molecular weight is 258 g/mol. The van der Waals surface area contributed by atoms with E-state index in [-0.39, 0.29) is 17.1 Å². The van der Waals surface area contributed by atoms with Crippen LogP contribution < -0.4 is 10.5 Å². The zero-order chi connectivity index (χ0) is 12.5. The molecule has 1 aromatic rings. The topological polar surface area (TPSA) is 101 Å². The van der Waals surface area contributed by atoms with Crippen LogP contribution in [0.1, 0.15) is 31.5 Å². The lowest BCUT2D eigenvalue weighted by atomic mass is 9.92. The monoisotopic (exact) mass is 258 g/mol. The maximum Gasteiger partial charge on any atom is 0.257 e. The molecule has 1 saturated carbocycles. The van der Waals surface area contributed by atoms with E-state index in [2.05, 4.69) is 14.7 Å². The predicted molar refractivity (Wildman–Crippen MR) is 63.9 cm³/mol. The summed E-state index contributed by atoms with van der Waals surface area (Å²) < 4.78 is 26.7. The first-order valence-electron chi connectivity index (χ1n) is 5.78. The Morgan fingerprint density at radius 3 is 2.76 bits per heavy atom. The highest BCUT2D eigenvalue weighted by molar-refractivity contribution is 7.89. The van der Waals surface area contributed by atoms with Gasteiger partial charge in [0.25, 0.3) is 10.0 Å². The smallest absolute Gasteiger partial charge is 0.257 e. The van der Waals surface area contributed by atoms with Crippen molar-refractivity contribution in [1.29, 1.82) is 0 Å². The van der Waals surface area contributed by atoms with E-state index in [1.165, 1.54) is 6.20 Å². The Labute approximate surface area is 101 Å². The molecule has 0 aromatic carbocycles. The molecule has 0 bridgehead atoms. The van der Waals surface area contributed by atoms with Crippen molar-refractivity contribution >= 4 is 10.0 Å². The van der Waals surface area contributed by atoms with Crippen molar-refractivity contribution in [2.75, 3.05) is 0 Å². The van der Waals surface area contributed by atoms with Gasteiger partial charge in [-0.05, 0) is 19.8 Å². The molecule has 2 rings (SSSR count). The fraction of sp³-hybridized carbons (Fsp3) is 0.700. The van der Waals surface area contributed by atoms with Crippen molar-refractivity contribution < 1.29 is 8.42 Å². The molecule has 1 fully saturated rings. The summed E-state index contributed by atoms with van der Waals surface area (Å²) in [5, 5.41) is 0.104. The molecule has 7 heteroatoms. The molecular formula is C10H18N4O2S. The first-order chi connectivity index (χ1) is 7.99. The molecule has 4 N–H and O–H groups in total. The van der Waals surface area contributed by atoms with E-state index in [4.69, 9.17) is 5.73 Å². The van der Waals surface area contributed by atoms with Gasteiger partial charge in [-0.1, -0.05) is 12.8 Å². The highest BCUT2D eigenvalue weighted by atomic mass is 32.2. The maximum absolute atomic E-state index is 12.0. The number of hydrogen-bond acceptors (Lipinski definition) is 4. The molecule has 6 nitrogen and oxygen atoms in total. The normalized spacial score (nSPS) is 26.0. The second-order valence-electron chi connectivity index (χ2n) is 4.51. The van der Waals surface area contributed by atoms with E-state index >= 15 is 0 Å². The lowest BCUT2D eigenvalue weighted by Crippen LogP contribution is -2.49. The predicted octanol–water partition coefficient (Wildman–Crippen LogP) is 0.266. The molecule has 1 aliphatic carbocycles. The second kappa shape index (κ2) is 4.75. The highest BCUT2D eigenvalue weighted by Gasteiger charge is 2.27. The van der Waals surface area contributed by atoms with E-state index < -0.39 is 10.0 Å². The third-order valence-electron chi connectivity index (χ3n) is 3.10. The molecule has 0 spiro atoms. The van der Waals surface area contributed by atoms with Gasteiger partial charge in [-0.2, -0.15) is 0 Å². The summed E-state index contributed by atoms with van der Waals surface area (Å²) in [6.45, 7) is 1.71. The van der Waals surface area contributed by atoms with Crippen LogP contribution in [0.2, 0.25) is 0 Å². The largest absolute Gasteiger partial charge is 0.332 e. The molecule has 0 unspecified atom stereocenters. The first-order valence-corrected chi connectivity index (χ1v) is 7.27. The van der Waals surface area contributed by atoms with Crippen LogP contribution >= 0.6 is 0 Å². The lowest BCUT2D eigenvalue weighted by molar-refractivity contribution is 0.361. The maximum atomic E-state index is 12.0. The molecule has 0 saturated heterocycles. The van der Waals surface area contributed by atoms with Gasteiger partial charge in [0.2, 0.25) is 0 Å². The van der Waals surface area contributed by atoms with Crippen molar-refractivity contribution in [2.24, 2.45) is 5.73 Å². The molecule has 0 radical (unpaired) electrons. The summed E-state index contributed by atoms with van der Waals surface area (Å²) in [5.41, 5.74) is 5.92. The van der Waals surface area contributed by atoms with Gasteiger partial charge in [0, 0.05) is 12.1 Å². The molecule has 1 aliphatic rings. The third kappa shape index (κ3) is 2.85. The number of nitrogens with two attached hydrogens (primary N) is 1. The van der Waals surface area contributed by atoms with Crippen LogP contribution in [0.25, 0.3) is 0 Å². The minimum absolute atomic E-state index is 0.0949. The average Bonchev–Trinajstić information content (AvgIpc) is 2.69. The van der Waals surface area contributed by atoms with Crippen LogP contribution in [0.4, 0.5) is 0 Å². The Kier molecular flexibility index (Phi) is 3.50. The summed E-state index contributed by atoms with van der Waals surface area (Å²) in [5.74, 6) is 0.582. The number of nitrogens with one attached hydrogen (secondary N) is 2. The molecule has 96 valence electrons. The van der Waals surface area contributed by atoms with Crippen molar-refractivity contribution in [1.82, 2.24) is 14.7 Å². The fourth-order valence-electron chi connectivity index (χ4n) is 2.10. The van der Waals surface area contributed by atoms with E-state index in [0.717, 1.165) is 25.7 Å². The van der Waals surface area contributed by atoms with Crippen LogP contribution in [0.5, 0.6) is 0 Å². The van der Waals surface area contributed by atoms with Crippen LogP contribution in [0.3, 0.4) is 0 Å². The molecule has 2 atom stereocenters. The summed E-state index contributed by atoms with van der Waals surface area (Å²) >= 11 is 0. The molecule has 1 aromatic heterocycles. The van der Waals surface area contributed by atoms with Crippen LogP contribution in [0.15, 0.2) is 11.2 Å². The van der Waals surface area contributed by atoms with Gasteiger partial charge in [0.05, 0.1) is 6.20 Å². The summed E-state index contributed by atoms with van der Waals surface area (Å²) in [7, 11) is -3.52. The Morgan fingerprint density at radius 1 is 1.47 bits per heavy atom. The van der Waals surface area contributed by atoms with Gasteiger partial charge in [0.15, 0.2) is 5.03 Å². The number of aromatic amines is 1. The van der Waals surface area contributed by atoms with Crippen molar-refractivity contribution in [2.45, 2.75) is 49.7 Å². The number of imidazole rings is 1. The SMILES string of the molecule is Cc1ncc(S(=O)(=O)N[C@@H]2CCCC[C@H]2N)[nH]1. The molecule has 17 heavy (non-hydrogen) atoms. The quantitative estimate of drug-likeness (QED) is 0.724. The number of nitrogens with zero attached hydrogens (tertiary/aromatic N) is 1. The number of aromatic nitrogens is 2. The van der Waals surface area contributed by atoms with Crippen LogP contribution in [-0.4, -0.2) is 30.5 Å². The van der Waals surface area contributed by atoms with Crippen molar-refractivity contribution in [3.05, 3.63) is 12.0 Å². The van der Waals surface area contributed by atoms with Gasteiger partial charge in [-0.25, -0.2) is 18.1 Å². The molecule has 0 aliphatic heterocycles. The van der Waals surface area contributed by atoms with E-state index in [1.54, 1.807) is 6.92 Å². The van der Waals surface area contributed by atoms with Gasteiger partial charge in [0.1, 0.15) is 5.82 Å². The zero-order valence-corrected chi connectivity index (χ0v) is 10.6. The van der Waals surface area contributed by atoms with E-state index in [1.807, 2.05) is 0 Å². The van der Waals surface area contributed by atoms with E-state index in [9.17, 15) is 8.42 Å². The van der Waals surface area contributed by atoms with E-state index in [0.29, 0.717) is 5.82 Å². The zero-order valence-electron chi connectivity index (χ0n) is 9.81. The van der Waals surface area contributed by atoms with Gasteiger partial charge in [-0.3, -0.25) is 0 Å². The number of aryl methyl sites for hydroxylation is 1. The summed E-state index contributed by atoms with van der Waals surface area (Å²) in [4.78, 5) is 6.61. The summed E-state index contributed by atoms with van der Waals surface area (Å²) in [6, 6.07) is -0.264. The second-order valence-corrected chi connectivity index (χ2v) is 6.19. The van der Waals surface area contributed by atoms with Crippen molar-refractivity contribution in [3.63, 3.8) is 0 Å². The highest BCUT2D eigenvalue weighted by Crippen LogP contribution is 2.18. The number of sulfonamides is 1. The Morgan fingerprint density at radius 2 is 2.18 bits per heavy atom. The molecule has 1 heterocycles. The lowest BCUT2D eigenvalue weighted by Gasteiger charge is -2.28. The minimum Gasteiger partial charge on any atom is -0.332 e. The van der Waals surface area contributed by atoms with Crippen LogP contribution in [-0.2, 0) is 10.0 Å². The van der Waals surface area contributed by atoms with Crippen molar-refractivity contribution in [3.8, 4) is 0 Å². The number of H-pyrrole nitrogens is 1. The van der Waals surface area contributed by atoms with Gasteiger partial charge >= 0.3 is 0 Å². The molecular weight excluding hydrogens is 240 g/mol. The standard InChI is InChI=1S/C10H18N4O2S/c1-7-12-6-10(13-7)17(15,16)14-9-5-3-2-4-8(9)11/h6,8-9,14H,2-5,11H2,1H3,(H,12,13)/t8-,9-/m1/s1. The molecule has 0 amide bonds. The third-order valence-corrected chi connectivity index (χ3v) is 4.49. The summed E-state index contributed by atoms with van der Waals surface area (Å²) in [6.07, 6.45) is 5.08. The number of hydrogen-bond donors (Lipinski definition) is 3. The van der Waals surface area contributed by atoms with Crippen LogP contribution in [0, 0.1) is 6.92 Å². The Hall–Kier alpha value is -0.920. The first kappa shape index (κ1) is 12.5.